The van der Waals surface area contributed by atoms with Gasteiger partial charge in [-0.25, -0.2) is 4.39 Å². The van der Waals surface area contributed by atoms with E-state index in [4.69, 9.17) is 46.4 Å². The fourth-order valence-corrected chi connectivity index (χ4v) is 5.19. The summed E-state index contributed by atoms with van der Waals surface area (Å²) in [6.07, 6.45) is -4.93. The second-order valence-corrected chi connectivity index (χ2v) is 10.7. The molecule has 0 unspecified atom stereocenters. The molecule has 0 bridgehead atoms. The van der Waals surface area contributed by atoms with Crippen LogP contribution >= 0.6 is 46.4 Å². The minimum Gasteiger partial charge on any atom is -0.404 e. The second kappa shape index (κ2) is 10.4. The summed E-state index contributed by atoms with van der Waals surface area (Å²) in [5.74, 6) is -3.93. The van der Waals surface area contributed by atoms with E-state index in [0.717, 1.165) is 6.07 Å². The van der Waals surface area contributed by atoms with Crippen LogP contribution in [0.2, 0.25) is 10.0 Å². The minimum atomic E-state index is -4.93. The zero-order valence-corrected chi connectivity index (χ0v) is 22.1. The number of carbonyl (C=O) groups excluding carboxylic acids is 2. The SMILES string of the molecule is CN(C(=O)c1cc(NC(=O)[C@H]2[C@H](c3ccc(OC(F)(F)F)c(Cl)c3)C2(Cl)Cl)ccc1Cl)c1ccc(F)cc1. The maximum atomic E-state index is 13.2. The number of hydrogen-bond acceptors (Lipinski definition) is 3. The Bertz CT molecular complexity index is 1400. The molecular formula is C25H16Cl4F4N2O3. The number of anilines is 2. The summed E-state index contributed by atoms with van der Waals surface area (Å²) in [4.78, 5) is 27.3. The van der Waals surface area contributed by atoms with Crippen molar-refractivity contribution in [2.45, 2.75) is 16.6 Å². The summed E-state index contributed by atoms with van der Waals surface area (Å²) in [5, 5.41) is 2.42. The van der Waals surface area contributed by atoms with E-state index in [1.165, 1.54) is 66.5 Å². The molecule has 0 aromatic heterocycles. The molecule has 1 aliphatic carbocycles. The van der Waals surface area contributed by atoms with E-state index in [0.29, 0.717) is 11.3 Å². The molecule has 3 aromatic carbocycles. The van der Waals surface area contributed by atoms with Crippen molar-refractivity contribution < 1.29 is 31.9 Å². The number of carbonyl (C=O) groups is 2. The molecule has 0 heterocycles. The Labute approximate surface area is 234 Å². The highest BCUT2D eigenvalue weighted by Gasteiger charge is 2.67. The van der Waals surface area contributed by atoms with Crippen LogP contribution in [-0.4, -0.2) is 29.6 Å². The summed E-state index contributed by atoms with van der Waals surface area (Å²) in [6.45, 7) is 0. The third kappa shape index (κ3) is 5.96. The molecular weight excluding hydrogens is 594 g/mol. The summed E-state index contributed by atoms with van der Waals surface area (Å²) in [6, 6.07) is 13.0. The molecule has 0 spiro atoms. The van der Waals surface area contributed by atoms with Gasteiger partial charge in [-0.3, -0.25) is 9.59 Å². The lowest BCUT2D eigenvalue weighted by atomic mass is 10.1. The van der Waals surface area contributed by atoms with Gasteiger partial charge in [-0.05, 0) is 60.2 Å². The summed E-state index contributed by atoms with van der Waals surface area (Å²) in [7, 11) is 1.48. The molecule has 13 heteroatoms. The zero-order chi connectivity index (χ0) is 28.0. The fraction of sp³-hybridized carbons (Fsp3) is 0.200. The Morgan fingerprint density at radius 3 is 2.24 bits per heavy atom. The fourth-order valence-electron chi connectivity index (χ4n) is 3.94. The lowest BCUT2D eigenvalue weighted by Gasteiger charge is -2.18. The van der Waals surface area contributed by atoms with Gasteiger partial charge < -0.3 is 15.0 Å². The van der Waals surface area contributed by atoms with Crippen LogP contribution in [0.3, 0.4) is 0 Å². The maximum absolute atomic E-state index is 13.2. The zero-order valence-electron chi connectivity index (χ0n) is 19.1. The molecule has 200 valence electrons. The van der Waals surface area contributed by atoms with Gasteiger partial charge in [0, 0.05) is 24.3 Å². The average Bonchev–Trinajstić information content (AvgIpc) is 3.42. The van der Waals surface area contributed by atoms with E-state index in [1.54, 1.807) is 0 Å². The van der Waals surface area contributed by atoms with E-state index in [9.17, 15) is 27.2 Å². The van der Waals surface area contributed by atoms with Crippen molar-refractivity contribution in [3.05, 3.63) is 87.7 Å². The Hall–Kier alpha value is -2.72. The standard InChI is InChI=1S/C25H16Cl4F4N2O3/c1-35(15-6-3-13(30)4-7-15)23(37)16-11-14(5-8-17(16)26)34-22(36)21-20(24(21,28)29)12-2-9-19(18(27)10-12)38-25(31,32)33/h2-11,20-21H,1H3,(H,34,36)/t20-,21+/m0/s1. The van der Waals surface area contributed by atoms with Gasteiger partial charge in [0.1, 0.15) is 15.9 Å². The number of halogens is 8. The molecule has 3 aromatic rings. The second-order valence-electron chi connectivity index (χ2n) is 8.39. The van der Waals surface area contributed by atoms with Gasteiger partial charge >= 0.3 is 6.36 Å². The van der Waals surface area contributed by atoms with E-state index in [1.807, 2.05) is 0 Å². The highest BCUT2D eigenvalue weighted by atomic mass is 35.5. The van der Waals surface area contributed by atoms with E-state index >= 15 is 0 Å². The number of nitrogens with zero attached hydrogens (tertiary/aromatic N) is 1. The molecule has 1 N–H and O–H groups in total. The first kappa shape index (κ1) is 28.3. The summed E-state index contributed by atoms with van der Waals surface area (Å²) in [5.41, 5.74) is 1.04. The molecule has 0 saturated heterocycles. The van der Waals surface area contributed by atoms with Crippen molar-refractivity contribution in [3.8, 4) is 5.75 Å². The van der Waals surface area contributed by atoms with Crippen LogP contribution in [0.5, 0.6) is 5.75 Å². The van der Waals surface area contributed by atoms with Gasteiger partial charge in [-0.1, -0.05) is 29.3 Å². The molecule has 1 aliphatic rings. The summed E-state index contributed by atoms with van der Waals surface area (Å²) >= 11 is 24.8. The van der Waals surface area contributed by atoms with Crippen LogP contribution in [-0.2, 0) is 4.79 Å². The summed E-state index contributed by atoms with van der Waals surface area (Å²) < 4.78 is 53.1. The topological polar surface area (TPSA) is 58.6 Å². The highest BCUT2D eigenvalue weighted by molar-refractivity contribution is 6.53. The van der Waals surface area contributed by atoms with Crippen LogP contribution in [0.1, 0.15) is 21.8 Å². The average molecular weight is 610 g/mol. The van der Waals surface area contributed by atoms with Gasteiger partial charge in [0.15, 0.2) is 0 Å². The first-order valence-electron chi connectivity index (χ1n) is 10.8. The number of rotatable bonds is 6. The third-order valence-corrected chi connectivity index (χ3v) is 7.42. The Morgan fingerprint density at radius 1 is 0.974 bits per heavy atom. The Balaban J connectivity index is 1.50. The molecule has 2 amide bonds. The first-order valence-corrected chi connectivity index (χ1v) is 12.3. The van der Waals surface area contributed by atoms with Gasteiger partial charge in [-0.15, -0.1) is 36.4 Å². The molecule has 5 nitrogen and oxygen atoms in total. The van der Waals surface area contributed by atoms with Crippen molar-refractivity contribution in [2.75, 3.05) is 17.3 Å². The van der Waals surface area contributed by atoms with Crippen molar-refractivity contribution in [3.63, 3.8) is 0 Å². The lowest BCUT2D eigenvalue weighted by molar-refractivity contribution is -0.274. The molecule has 1 fully saturated rings. The highest BCUT2D eigenvalue weighted by Crippen LogP contribution is 2.65. The third-order valence-electron chi connectivity index (χ3n) is 5.86. The Morgan fingerprint density at radius 2 is 1.63 bits per heavy atom. The molecule has 4 rings (SSSR count). The van der Waals surface area contributed by atoms with Gasteiger partial charge in [0.05, 0.1) is 21.5 Å². The molecule has 1 saturated carbocycles. The molecule has 0 radical (unpaired) electrons. The van der Waals surface area contributed by atoms with E-state index in [-0.39, 0.29) is 21.3 Å². The monoisotopic (exact) mass is 608 g/mol. The maximum Gasteiger partial charge on any atom is 0.573 e. The van der Waals surface area contributed by atoms with Crippen LogP contribution < -0.4 is 15.0 Å². The number of hydrogen-bond donors (Lipinski definition) is 1. The van der Waals surface area contributed by atoms with E-state index in [2.05, 4.69) is 10.1 Å². The quantitative estimate of drug-likeness (QED) is 0.229. The number of ether oxygens (including phenoxy) is 1. The Kier molecular flexibility index (Phi) is 7.78. The predicted molar refractivity (Wildman–Crippen MR) is 138 cm³/mol. The van der Waals surface area contributed by atoms with Crippen molar-refractivity contribution >= 4 is 69.6 Å². The minimum absolute atomic E-state index is 0.0682. The normalized spacial score (nSPS) is 18.0. The van der Waals surface area contributed by atoms with Crippen molar-refractivity contribution in [1.82, 2.24) is 0 Å². The number of amides is 2. The smallest absolute Gasteiger partial charge is 0.404 e. The van der Waals surface area contributed by atoms with Crippen LogP contribution in [0, 0.1) is 11.7 Å². The molecule has 0 aliphatic heterocycles. The van der Waals surface area contributed by atoms with Crippen molar-refractivity contribution in [2.24, 2.45) is 5.92 Å². The van der Waals surface area contributed by atoms with Gasteiger partial charge in [0.2, 0.25) is 5.91 Å². The lowest BCUT2D eigenvalue weighted by Crippen LogP contribution is -2.26. The van der Waals surface area contributed by atoms with Crippen LogP contribution in [0.15, 0.2) is 60.7 Å². The number of nitrogens with one attached hydrogen (secondary N) is 1. The van der Waals surface area contributed by atoms with Crippen LogP contribution in [0.4, 0.5) is 28.9 Å². The first-order chi connectivity index (χ1) is 17.7. The van der Waals surface area contributed by atoms with Crippen LogP contribution in [0.25, 0.3) is 0 Å². The largest absolute Gasteiger partial charge is 0.573 e. The number of benzene rings is 3. The molecule has 38 heavy (non-hydrogen) atoms. The van der Waals surface area contributed by atoms with E-state index < -0.39 is 45.9 Å². The van der Waals surface area contributed by atoms with Gasteiger partial charge in [0.25, 0.3) is 5.91 Å². The van der Waals surface area contributed by atoms with Crippen molar-refractivity contribution in [1.29, 1.82) is 0 Å². The number of alkyl halides is 5. The van der Waals surface area contributed by atoms with Gasteiger partial charge in [-0.2, -0.15) is 0 Å². The predicted octanol–water partition coefficient (Wildman–Crippen LogP) is 7.83. The molecule has 2 atom stereocenters.